The number of thiazole rings is 1. The Labute approximate surface area is 255 Å². The number of carbonyl (C=O) groups excluding carboxylic acids is 1. The molecule has 0 N–H and O–H groups in total. The van der Waals surface area contributed by atoms with Crippen LogP contribution in [0.5, 0.6) is 11.5 Å². The molecule has 7 nitrogen and oxygen atoms in total. The van der Waals surface area contributed by atoms with Crippen LogP contribution in [0.15, 0.2) is 105 Å². The Kier molecular flexibility index (Phi) is 8.89. The van der Waals surface area contributed by atoms with Crippen molar-refractivity contribution in [1.82, 2.24) is 4.57 Å². The van der Waals surface area contributed by atoms with Crippen LogP contribution in [0, 0.1) is 0 Å². The van der Waals surface area contributed by atoms with Gasteiger partial charge >= 0.3 is 5.97 Å². The van der Waals surface area contributed by atoms with Crippen molar-refractivity contribution in [1.29, 1.82) is 0 Å². The van der Waals surface area contributed by atoms with E-state index in [1.54, 1.807) is 24.7 Å². The number of allylic oxidation sites excluding steroid dienone is 2. The van der Waals surface area contributed by atoms with E-state index in [4.69, 9.17) is 14.2 Å². The molecule has 0 fully saturated rings. The molecular formula is C33H29BrN2O5S. The van der Waals surface area contributed by atoms with Crippen molar-refractivity contribution in [3.8, 4) is 11.5 Å². The number of ether oxygens (including phenoxy) is 3. The quantitative estimate of drug-likeness (QED) is 0.178. The lowest BCUT2D eigenvalue weighted by Gasteiger charge is -2.24. The summed E-state index contributed by atoms with van der Waals surface area (Å²) in [4.78, 5) is 31.9. The summed E-state index contributed by atoms with van der Waals surface area (Å²) in [5.41, 5.74) is 4.07. The first kappa shape index (κ1) is 29.3. The summed E-state index contributed by atoms with van der Waals surface area (Å²) < 4.78 is 20.1. The van der Waals surface area contributed by atoms with Crippen molar-refractivity contribution in [3.63, 3.8) is 0 Å². The monoisotopic (exact) mass is 644 g/mol. The summed E-state index contributed by atoms with van der Waals surface area (Å²) in [7, 11) is 2.92. The van der Waals surface area contributed by atoms with Crippen LogP contribution in [0.3, 0.4) is 0 Å². The van der Waals surface area contributed by atoms with Crippen LogP contribution in [0.4, 0.5) is 0 Å². The summed E-state index contributed by atoms with van der Waals surface area (Å²) in [5.74, 6) is 0.662. The highest BCUT2D eigenvalue weighted by molar-refractivity contribution is 9.10. The normalized spacial score (nSPS) is 14.7. The second-order valence-electron chi connectivity index (χ2n) is 9.60. The number of halogens is 1. The molecule has 42 heavy (non-hydrogen) atoms. The number of hydrogen-bond donors (Lipinski definition) is 0. The first-order valence-electron chi connectivity index (χ1n) is 13.2. The molecule has 5 rings (SSSR count). The lowest BCUT2D eigenvalue weighted by molar-refractivity contribution is -0.136. The van der Waals surface area contributed by atoms with Crippen molar-refractivity contribution in [2.45, 2.75) is 26.0 Å². The van der Waals surface area contributed by atoms with Crippen molar-refractivity contribution in [3.05, 3.63) is 137 Å². The first-order chi connectivity index (χ1) is 20.3. The molecule has 0 saturated carbocycles. The zero-order valence-corrected chi connectivity index (χ0v) is 25.8. The van der Waals surface area contributed by atoms with Crippen molar-refractivity contribution >= 4 is 39.3 Å². The predicted octanol–water partition coefficient (Wildman–Crippen LogP) is 5.49. The van der Waals surface area contributed by atoms with Gasteiger partial charge in [-0.15, -0.1) is 6.58 Å². The Morgan fingerprint density at radius 3 is 2.52 bits per heavy atom. The third-order valence-electron chi connectivity index (χ3n) is 6.87. The number of hydrogen-bond acceptors (Lipinski definition) is 7. The van der Waals surface area contributed by atoms with Gasteiger partial charge in [0.25, 0.3) is 5.56 Å². The highest BCUT2D eigenvalue weighted by Gasteiger charge is 2.33. The van der Waals surface area contributed by atoms with Crippen molar-refractivity contribution in [2.24, 2.45) is 4.99 Å². The standard InChI is InChI=1S/C33H29BrN2O5S/c1-5-9-24-16-22(17-26(39-3)30(24)41-19-21-12-14-25(34)15-13-21)18-27-31(37)36-29(23-10-7-6-8-11-23)28(32(38)40-4)20(2)35-33(36)42-27/h5-8,10-18,29H,1,9,19H2,2-4H3. The van der Waals surface area contributed by atoms with Crippen LogP contribution in [-0.4, -0.2) is 24.8 Å². The number of benzene rings is 3. The summed E-state index contributed by atoms with van der Waals surface area (Å²) >= 11 is 4.73. The summed E-state index contributed by atoms with van der Waals surface area (Å²) in [6.45, 7) is 6.04. The van der Waals surface area contributed by atoms with E-state index in [-0.39, 0.29) is 5.56 Å². The number of rotatable bonds is 9. The zero-order chi connectivity index (χ0) is 29.8. The molecular weight excluding hydrogens is 616 g/mol. The minimum Gasteiger partial charge on any atom is -0.493 e. The number of aromatic nitrogens is 1. The molecule has 4 aromatic rings. The molecule has 0 radical (unpaired) electrons. The van der Waals surface area contributed by atoms with Crippen LogP contribution in [0.25, 0.3) is 6.08 Å². The topological polar surface area (TPSA) is 79.1 Å². The summed E-state index contributed by atoms with van der Waals surface area (Å²) in [5, 5.41) is 0. The fraction of sp³-hybridized carbons (Fsp3) is 0.182. The summed E-state index contributed by atoms with van der Waals surface area (Å²) in [6, 6.07) is 20.5. The highest BCUT2D eigenvalue weighted by atomic mass is 79.9. The first-order valence-corrected chi connectivity index (χ1v) is 14.8. The molecule has 1 atom stereocenters. The number of carbonyl (C=O) groups is 1. The second kappa shape index (κ2) is 12.8. The largest absolute Gasteiger partial charge is 0.493 e. The van der Waals surface area contributed by atoms with Crippen molar-refractivity contribution in [2.75, 3.05) is 14.2 Å². The van der Waals surface area contributed by atoms with Crippen LogP contribution >= 0.6 is 27.3 Å². The maximum Gasteiger partial charge on any atom is 0.338 e. The maximum atomic E-state index is 13.9. The van der Waals surface area contributed by atoms with Gasteiger partial charge in [-0.3, -0.25) is 9.36 Å². The van der Waals surface area contributed by atoms with Gasteiger partial charge in [-0.05, 0) is 60.4 Å². The average molecular weight is 646 g/mol. The van der Waals surface area contributed by atoms with Gasteiger partial charge in [0, 0.05) is 10.0 Å². The molecule has 3 aromatic carbocycles. The average Bonchev–Trinajstić information content (AvgIpc) is 3.30. The van der Waals surface area contributed by atoms with Crippen molar-refractivity contribution < 1.29 is 19.0 Å². The molecule has 0 spiro atoms. The summed E-state index contributed by atoms with van der Waals surface area (Å²) in [6.07, 6.45) is 4.16. The Balaban J connectivity index is 1.60. The fourth-order valence-electron chi connectivity index (χ4n) is 4.92. The number of methoxy groups -OCH3 is 2. The second-order valence-corrected chi connectivity index (χ2v) is 11.5. The van der Waals surface area contributed by atoms with Crippen LogP contribution in [-0.2, 0) is 22.6 Å². The Bertz CT molecular complexity index is 1860. The maximum absolute atomic E-state index is 13.9. The Hall–Kier alpha value is -4.21. The van der Waals surface area contributed by atoms with E-state index in [1.165, 1.54) is 18.4 Å². The molecule has 9 heteroatoms. The van der Waals surface area contributed by atoms with Gasteiger partial charge in [0.05, 0.1) is 36.1 Å². The minimum atomic E-state index is -0.655. The molecule has 0 amide bonds. The number of fused-ring (bicyclic) bond motifs is 1. The van der Waals surface area contributed by atoms with Gasteiger partial charge in [0.1, 0.15) is 6.61 Å². The van der Waals surface area contributed by atoms with Crippen LogP contribution in [0.2, 0.25) is 0 Å². The molecule has 1 aliphatic heterocycles. The number of esters is 1. The van der Waals surface area contributed by atoms with E-state index in [1.807, 2.05) is 72.8 Å². The van der Waals surface area contributed by atoms with Crippen LogP contribution in [0.1, 0.15) is 35.2 Å². The van der Waals surface area contributed by atoms with Gasteiger partial charge < -0.3 is 14.2 Å². The SMILES string of the molecule is C=CCc1cc(C=c2sc3n(c2=O)C(c2ccccc2)C(C(=O)OC)=C(C)N=3)cc(OC)c1OCc1ccc(Br)cc1. The van der Waals surface area contributed by atoms with E-state index < -0.39 is 12.0 Å². The smallest absolute Gasteiger partial charge is 0.338 e. The highest BCUT2D eigenvalue weighted by Crippen LogP contribution is 2.35. The fourth-order valence-corrected chi connectivity index (χ4v) is 6.23. The predicted molar refractivity (Wildman–Crippen MR) is 168 cm³/mol. The van der Waals surface area contributed by atoms with Crippen LogP contribution < -0.4 is 24.4 Å². The minimum absolute atomic E-state index is 0.249. The zero-order valence-electron chi connectivity index (χ0n) is 23.4. The molecule has 1 aromatic heterocycles. The Morgan fingerprint density at radius 1 is 1.12 bits per heavy atom. The van der Waals surface area contributed by atoms with Gasteiger partial charge in [0.15, 0.2) is 16.3 Å². The van der Waals surface area contributed by atoms with Gasteiger partial charge in [-0.1, -0.05) is 75.8 Å². The van der Waals surface area contributed by atoms with E-state index in [2.05, 4.69) is 27.5 Å². The van der Waals surface area contributed by atoms with E-state index in [0.29, 0.717) is 45.1 Å². The Morgan fingerprint density at radius 2 is 1.86 bits per heavy atom. The third kappa shape index (κ3) is 5.89. The van der Waals surface area contributed by atoms with Gasteiger partial charge in [-0.2, -0.15) is 0 Å². The molecule has 0 saturated heterocycles. The molecule has 0 bridgehead atoms. The lowest BCUT2D eigenvalue weighted by atomic mass is 9.96. The molecule has 2 heterocycles. The van der Waals surface area contributed by atoms with E-state index in [0.717, 1.165) is 26.7 Å². The molecule has 0 aliphatic carbocycles. The lowest BCUT2D eigenvalue weighted by Crippen LogP contribution is -2.39. The molecule has 1 unspecified atom stereocenters. The van der Waals surface area contributed by atoms with Gasteiger partial charge in [0.2, 0.25) is 0 Å². The van der Waals surface area contributed by atoms with Gasteiger partial charge in [-0.25, -0.2) is 9.79 Å². The third-order valence-corrected chi connectivity index (χ3v) is 8.39. The molecule has 214 valence electrons. The van der Waals surface area contributed by atoms with E-state index in [9.17, 15) is 9.59 Å². The molecule has 1 aliphatic rings. The van der Waals surface area contributed by atoms with E-state index >= 15 is 0 Å². The number of nitrogens with zero attached hydrogens (tertiary/aromatic N) is 2.